The Bertz CT molecular complexity index is 3220. The Morgan fingerprint density at radius 1 is 0.368 bits per heavy atom. The van der Waals surface area contributed by atoms with Crippen LogP contribution in [-0.4, -0.2) is 20.1 Å². The molecule has 5 heteroatoms. The van der Waals surface area contributed by atoms with Gasteiger partial charge in [-0.25, -0.2) is 15.0 Å². The molecule has 0 saturated carbocycles. The van der Waals surface area contributed by atoms with Gasteiger partial charge in [-0.05, 0) is 86.5 Å². The van der Waals surface area contributed by atoms with Gasteiger partial charge in [0.1, 0.15) is 16.9 Å². The van der Waals surface area contributed by atoms with Gasteiger partial charge in [-0.2, -0.15) is 0 Å². The van der Waals surface area contributed by atoms with Gasteiger partial charge < -0.3 is 9.52 Å². The molecule has 266 valence electrons. The van der Waals surface area contributed by atoms with Crippen molar-refractivity contribution in [3.05, 3.63) is 204 Å². The van der Waals surface area contributed by atoms with E-state index in [1.165, 1.54) is 44.5 Å². The van der Waals surface area contributed by atoms with E-state index in [1.807, 2.05) is 72.8 Å². The number of hydrogen-bond donors (Lipinski definition) is 1. The second-order valence-electron chi connectivity index (χ2n) is 14.8. The Kier molecular flexibility index (Phi) is 6.64. The third kappa shape index (κ3) is 4.48. The molecule has 2 aromatic heterocycles. The van der Waals surface area contributed by atoms with Crippen LogP contribution >= 0.6 is 0 Å². The molecule has 0 unspecified atom stereocenters. The van der Waals surface area contributed by atoms with E-state index in [1.54, 1.807) is 6.07 Å². The molecule has 0 atom stereocenters. The van der Waals surface area contributed by atoms with Crippen LogP contribution < -0.4 is 0 Å². The highest BCUT2D eigenvalue weighted by atomic mass is 16.3. The molecule has 0 fully saturated rings. The molecule has 1 N–H and O–H groups in total. The van der Waals surface area contributed by atoms with Gasteiger partial charge in [-0.1, -0.05) is 146 Å². The summed E-state index contributed by atoms with van der Waals surface area (Å²) in [6.07, 6.45) is 0. The number of phenols is 1. The van der Waals surface area contributed by atoms with Crippen molar-refractivity contribution in [1.82, 2.24) is 15.0 Å². The third-order valence-electron chi connectivity index (χ3n) is 11.9. The van der Waals surface area contributed by atoms with Crippen LogP contribution in [0.4, 0.5) is 0 Å². The van der Waals surface area contributed by atoms with Gasteiger partial charge in [0.25, 0.3) is 0 Å². The number of nitrogens with zero attached hydrogens (tertiary/aromatic N) is 3. The number of furan rings is 1. The lowest BCUT2D eigenvalue weighted by Crippen LogP contribution is -2.26. The molecule has 57 heavy (non-hydrogen) atoms. The molecule has 0 radical (unpaired) electrons. The Balaban J connectivity index is 1.15. The number of aromatic hydroxyl groups is 1. The lowest BCUT2D eigenvalue weighted by Gasteiger charge is -2.31. The van der Waals surface area contributed by atoms with E-state index in [9.17, 15) is 5.11 Å². The van der Waals surface area contributed by atoms with Crippen LogP contribution in [0.15, 0.2) is 186 Å². The van der Waals surface area contributed by atoms with Gasteiger partial charge in [0.05, 0.1) is 5.41 Å². The minimum atomic E-state index is -0.581. The summed E-state index contributed by atoms with van der Waals surface area (Å²) in [7, 11) is 0. The lowest BCUT2D eigenvalue weighted by molar-refractivity contribution is 0.477. The van der Waals surface area contributed by atoms with E-state index in [0.29, 0.717) is 17.5 Å². The maximum absolute atomic E-state index is 10.8. The van der Waals surface area contributed by atoms with E-state index in [0.717, 1.165) is 49.8 Å². The first kappa shape index (κ1) is 31.7. The predicted octanol–water partition coefficient (Wildman–Crippen LogP) is 12.5. The number of phenolic OH excluding ortho intramolecular Hbond substituents is 1. The van der Waals surface area contributed by atoms with Crippen molar-refractivity contribution in [3.8, 4) is 73.3 Å². The number of hydrogen-bond acceptors (Lipinski definition) is 5. The van der Waals surface area contributed by atoms with Crippen LogP contribution in [0, 0.1) is 0 Å². The molecule has 0 amide bonds. The fourth-order valence-electron chi connectivity index (χ4n) is 9.50. The Hall–Kier alpha value is -7.63. The SMILES string of the molecule is Oc1ccccc1-c1cccc(-c2nc(-c3ccc4oc5ccccc5c4c3)nc(-c3cccc4c3C3(c5ccccc5-c5ccccc53)c3ccccc3-4)n2)c1. The third-order valence-corrected chi connectivity index (χ3v) is 11.9. The molecule has 8 aromatic carbocycles. The quantitative estimate of drug-likeness (QED) is 0.195. The molecule has 1 spiro atoms. The van der Waals surface area contributed by atoms with E-state index in [4.69, 9.17) is 19.4 Å². The lowest BCUT2D eigenvalue weighted by atomic mass is 9.69. The number of benzene rings is 8. The molecule has 12 rings (SSSR count). The van der Waals surface area contributed by atoms with Gasteiger partial charge >= 0.3 is 0 Å². The van der Waals surface area contributed by atoms with Crippen molar-refractivity contribution < 1.29 is 9.52 Å². The largest absolute Gasteiger partial charge is 0.507 e. The standard InChI is InChI=1S/C52H31N3O2/c56-45-25-9-4-15-34(45)31-13-11-14-32(29-31)49-53-50(33-27-28-47-41(30-33)38-19-5-10-26-46(38)57-47)55-51(54-49)40-21-12-20-39-37-18-3-8-24-44(37)52(48(39)40)42-22-6-1-16-35(42)36-17-2-7-23-43(36)52/h1-30,56H. The number of para-hydroxylation sites is 2. The number of fused-ring (bicyclic) bond motifs is 13. The summed E-state index contributed by atoms with van der Waals surface area (Å²) in [5.74, 6) is 1.91. The maximum Gasteiger partial charge on any atom is 0.164 e. The smallest absolute Gasteiger partial charge is 0.164 e. The first-order chi connectivity index (χ1) is 28.2. The van der Waals surface area contributed by atoms with Gasteiger partial charge in [0.2, 0.25) is 0 Å². The van der Waals surface area contributed by atoms with E-state index >= 15 is 0 Å². The average Bonchev–Trinajstić information content (AvgIpc) is 3.90. The van der Waals surface area contributed by atoms with Crippen molar-refractivity contribution >= 4 is 21.9 Å². The summed E-state index contributed by atoms with van der Waals surface area (Å²) in [4.78, 5) is 15.9. The van der Waals surface area contributed by atoms with Crippen molar-refractivity contribution in [3.63, 3.8) is 0 Å². The zero-order valence-corrected chi connectivity index (χ0v) is 30.5. The average molecular weight is 730 g/mol. The Morgan fingerprint density at radius 2 is 0.877 bits per heavy atom. The summed E-state index contributed by atoms with van der Waals surface area (Å²) >= 11 is 0. The van der Waals surface area contributed by atoms with Crippen LogP contribution in [0.2, 0.25) is 0 Å². The molecule has 2 heterocycles. The summed E-state index contributed by atoms with van der Waals surface area (Å²) in [6, 6.07) is 62.7. The summed E-state index contributed by atoms with van der Waals surface area (Å²) < 4.78 is 6.21. The topological polar surface area (TPSA) is 72.0 Å². The Labute approximate surface area is 328 Å². The van der Waals surface area contributed by atoms with Crippen molar-refractivity contribution in [2.24, 2.45) is 0 Å². The van der Waals surface area contributed by atoms with Crippen molar-refractivity contribution in [1.29, 1.82) is 0 Å². The second-order valence-corrected chi connectivity index (χ2v) is 14.8. The minimum Gasteiger partial charge on any atom is -0.507 e. The molecule has 5 nitrogen and oxygen atoms in total. The number of aromatic nitrogens is 3. The summed E-state index contributed by atoms with van der Waals surface area (Å²) in [5, 5.41) is 12.9. The fourth-order valence-corrected chi connectivity index (χ4v) is 9.50. The van der Waals surface area contributed by atoms with E-state index in [-0.39, 0.29) is 5.75 Å². The first-order valence-corrected chi connectivity index (χ1v) is 19.2. The van der Waals surface area contributed by atoms with Gasteiger partial charge in [-0.15, -0.1) is 0 Å². The molecule has 2 aliphatic rings. The predicted molar refractivity (Wildman–Crippen MR) is 227 cm³/mol. The van der Waals surface area contributed by atoms with Gasteiger partial charge in [-0.3, -0.25) is 0 Å². The molecule has 0 aliphatic heterocycles. The van der Waals surface area contributed by atoms with Crippen molar-refractivity contribution in [2.45, 2.75) is 5.41 Å². The Morgan fingerprint density at radius 3 is 1.60 bits per heavy atom. The zero-order valence-electron chi connectivity index (χ0n) is 30.5. The molecular weight excluding hydrogens is 699 g/mol. The molecule has 0 saturated heterocycles. The highest BCUT2D eigenvalue weighted by Crippen LogP contribution is 2.64. The van der Waals surface area contributed by atoms with Crippen LogP contribution in [0.1, 0.15) is 22.3 Å². The van der Waals surface area contributed by atoms with Crippen LogP contribution in [0.5, 0.6) is 5.75 Å². The van der Waals surface area contributed by atoms with E-state index < -0.39 is 5.41 Å². The molecule has 2 aliphatic carbocycles. The normalized spacial score (nSPS) is 13.1. The minimum absolute atomic E-state index is 0.217. The maximum atomic E-state index is 10.8. The highest BCUT2D eigenvalue weighted by Gasteiger charge is 2.52. The summed E-state index contributed by atoms with van der Waals surface area (Å²) in [6.45, 7) is 0. The zero-order chi connectivity index (χ0) is 37.7. The van der Waals surface area contributed by atoms with Crippen LogP contribution in [-0.2, 0) is 5.41 Å². The van der Waals surface area contributed by atoms with E-state index in [2.05, 4.69) is 103 Å². The molecule has 0 bridgehead atoms. The second kappa shape index (κ2) is 11.9. The summed E-state index contributed by atoms with van der Waals surface area (Å²) in [5.41, 5.74) is 15.1. The van der Waals surface area contributed by atoms with Gasteiger partial charge in [0.15, 0.2) is 17.5 Å². The van der Waals surface area contributed by atoms with Crippen LogP contribution in [0.3, 0.4) is 0 Å². The highest BCUT2D eigenvalue weighted by molar-refractivity contribution is 6.06. The monoisotopic (exact) mass is 729 g/mol. The fraction of sp³-hybridized carbons (Fsp3) is 0.0192. The van der Waals surface area contributed by atoms with Crippen LogP contribution in [0.25, 0.3) is 89.5 Å². The molecule has 10 aromatic rings. The number of rotatable bonds is 4. The van der Waals surface area contributed by atoms with Crippen molar-refractivity contribution in [2.75, 3.05) is 0 Å². The van der Waals surface area contributed by atoms with Gasteiger partial charge in [0, 0.05) is 33.0 Å². The first-order valence-electron chi connectivity index (χ1n) is 19.2. The molecular formula is C52H31N3O2.